The van der Waals surface area contributed by atoms with Gasteiger partial charge in [0, 0.05) is 24.7 Å². The largest absolute Gasteiger partial charge is 0.486 e. The number of amides is 5. The van der Waals surface area contributed by atoms with Crippen LogP contribution in [0.1, 0.15) is 38.5 Å². The molecule has 0 aromatic heterocycles. The van der Waals surface area contributed by atoms with E-state index in [0.717, 1.165) is 24.3 Å². The predicted octanol–water partition coefficient (Wildman–Crippen LogP) is 1.10. The van der Waals surface area contributed by atoms with Crippen LogP contribution < -0.4 is 25.1 Å². The maximum Gasteiger partial charge on any atom is 0.344 e. The lowest BCUT2D eigenvalue weighted by Crippen LogP contribution is -2.52. The van der Waals surface area contributed by atoms with E-state index in [0.29, 0.717) is 43.2 Å². The molecule has 3 fully saturated rings. The minimum Gasteiger partial charge on any atom is -0.486 e. The summed E-state index contributed by atoms with van der Waals surface area (Å²) in [7, 11) is 0. The van der Waals surface area contributed by atoms with Crippen LogP contribution in [0.4, 0.5) is 10.5 Å². The van der Waals surface area contributed by atoms with Gasteiger partial charge >= 0.3 is 6.03 Å². The first-order chi connectivity index (χ1) is 15.0. The molecule has 5 rings (SSSR count). The van der Waals surface area contributed by atoms with Crippen LogP contribution in [0.5, 0.6) is 11.5 Å². The van der Waals surface area contributed by atoms with Crippen molar-refractivity contribution in [3.8, 4) is 11.5 Å². The Morgan fingerprint density at radius 3 is 2.58 bits per heavy atom. The molecule has 1 atom stereocenters. The van der Waals surface area contributed by atoms with Gasteiger partial charge in [-0.05, 0) is 25.0 Å². The molecule has 31 heavy (non-hydrogen) atoms. The van der Waals surface area contributed by atoms with E-state index in [1.54, 1.807) is 18.2 Å². The molecule has 1 unspecified atom stereocenters. The molecule has 1 saturated carbocycles. The van der Waals surface area contributed by atoms with Crippen molar-refractivity contribution >= 4 is 29.4 Å². The van der Waals surface area contributed by atoms with Gasteiger partial charge in [0.2, 0.25) is 11.8 Å². The number of nitrogens with zero attached hydrogens (tertiary/aromatic N) is 2. The fourth-order valence-electron chi connectivity index (χ4n) is 4.75. The van der Waals surface area contributed by atoms with Gasteiger partial charge in [0.25, 0.3) is 5.91 Å². The number of rotatable bonds is 3. The summed E-state index contributed by atoms with van der Waals surface area (Å²) in [5.74, 6) is -0.655. The van der Waals surface area contributed by atoms with Crippen molar-refractivity contribution in [2.75, 3.05) is 24.7 Å². The highest BCUT2D eigenvalue weighted by molar-refractivity contribution is 6.08. The number of ether oxygens (including phenoxy) is 2. The quantitative estimate of drug-likeness (QED) is 0.697. The van der Waals surface area contributed by atoms with Crippen molar-refractivity contribution in [3.63, 3.8) is 0 Å². The number of imide groups is 1. The lowest BCUT2D eigenvalue weighted by atomic mass is 9.82. The SMILES string of the molecule is O=C(NN1C(=O)NC2(CCCCC2)C1=O)C1CC(=O)N(c2ccc3c(c2)OCCO3)C1. The zero-order valence-electron chi connectivity index (χ0n) is 17.0. The summed E-state index contributed by atoms with van der Waals surface area (Å²) < 4.78 is 11.1. The van der Waals surface area contributed by atoms with Crippen LogP contribution >= 0.6 is 0 Å². The van der Waals surface area contributed by atoms with Gasteiger partial charge in [0.1, 0.15) is 18.8 Å². The monoisotopic (exact) mass is 428 g/mol. The van der Waals surface area contributed by atoms with Crippen molar-refractivity contribution in [2.24, 2.45) is 5.92 Å². The van der Waals surface area contributed by atoms with Crippen LogP contribution in [-0.4, -0.2) is 54.1 Å². The lowest BCUT2D eigenvalue weighted by Gasteiger charge is -2.30. The van der Waals surface area contributed by atoms with Crippen molar-refractivity contribution in [1.82, 2.24) is 15.8 Å². The van der Waals surface area contributed by atoms with Crippen LogP contribution in [-0.2, 0) is 14.4 Å². The fraction of sp³-hybridized carbons (Fsp3) is 0.524. The minimum atomic E-state index is -0.911. The van der Waals surface area contributed by atoms with Crippen LogP contribution in [0.2, 0.25) is 0 Å². The molecule has 3 heterocycles. The normalized spacial score (nSPS) is 24.5. The molecule has 164 valence electrons. The molecular formula is C21H24N4O6. The number of carbonyl (C=O) groups is 4. The van der Waals surface area contributed by atoms with Gasteiger partial charge in [-0.1, -0.05) is 19.3 Å². The molecule has 3 aliphatic heterocycles. The number of anilines is 1. The standard InChI is InChI=1S/C21H24N4O6/c26-17-10-13(12-24(17)14-4-5-15-16(11-14)31-9-8-30-15)18(27)23-25-19(28)21(22-20(25)29)6-2-1-3-7-21/h4-5,11,13H,1-3,6-10,12H2,(H,22,29)(H,23,27). The van der Waals surface area contributed by atoms with E-state index in [1.807, 2.05) is 0 Å². The average molecular weight is 428 g/mol. The molecule has 4 aliphatic rings. The summed E-state index contributed by atoms with van der Waals surface area (Å²) >= 11 is 0. The van der Waals surface area contributed by atoms with Crippen LogP contribution in [0.15, 0.2) is 18.2 Å². The first kappa shape index (κ1) is 19.7. The van der Waals surface area contributed by atoms with Crippen LogP contribution in [0.25, 0.3) is 0 Å². The number of fused-ring (bicyclic) bond motifs is 1. The van der Waals surface area contributed by atoms with E-state index in [9.17, 15) is 19.2 Å². The molecule has 10 nitrogen and oxygen atoms in total. The van der Waals surface area contributed by atoms with Gasteiger partial charge in [-0.15, -0.1) is 0 Å². The fourth-order valence-corrected chi connectivity index (χ4v) is 4.75. The highest BCUT2D eigenvalue weighted by atomic mass is 16.6. The molecule has 2 saturated heterocycles. The highest BCUT2D eigenvalue weighted by Crippen LogP contribution is 2.36. The Morgan fingerprint density at radius 1 is 1.06 bits per heavy atom. The second kappa shape index (κ2) is 7.44. The van der Waals surface area contributed by atoms with Crippen molar-refractivity contribution in [1.29, 1.82) is 0 Å². The van der Waals surface area contributed by atoms with Gasteiger partial charge in [-0.2, -0.15) is 5.01 Å². The van der Waals surface area contributed by atoms with Crippen molar-refractivity contribution < 1.29 is 28.7 Å². The number of nitrogens with one attached hydrogen (secondary N) is 2. The molecule has 10 heteroatoms. The van der Waals surface area contributed by atoms with E-state index in [-0.39, 0.29) is 18.9 Å². The van der Waals surface area contributed by atoms with Gasteiger partial charge in [-0.25, -0.2) is 4.79 Å². The summed E-state index contributed by atoms with van der Waals surface area (Å²) in [5.41, 5.74) is 2.14. The summed E-state index contributed by atoms with van der Waals surface area (Å²) in [5, 5.41) is 3.54. The number of hydrogen-bond donors (Lipinski definition) is 2. The van der Waals surface area contributed by atoms with Crippen LogP contribution in [0, 0.1) is 5.92 Å². The van der Waals surface area contributed by atoms with E-state index in [4.69, 9.17) is 9.47 Å². The summed E-state index contributed by atoms with van der Waals surface area (Å²) in [4.78, 5) is 52.1. The Kier molecular flexibility index (Phi) is 4.71. The number of urea groups is 1. The Bertz CT molecular complexity index is 957. The first-order valence-corrected chi connectivity index (χ1v) is 10.6. The highest BCUT2D eigenvalue weighted by Gasteiger charge is 2.52. The molecule has 0 bridgehead atoms. The second-order valence-electron chi connectivity index (χ2n) is 8.42. The minimum absolute atomic E-state index is 0.00489. The molecule has 0 radical (unpaired) electrons. The van der Waals surface area contributed by atoms with Gasteiger partial charge in [0.15, 0.2) is 11.5 Å². The van der Waals surface area contributed by atoms with E-state index >= 15 is 0 Å². The number of carbonyl (C=O) groups excluding carboxylic acids is 4. The zero-order chi connectivity index (χ0) is 21.6. The van der Waals surface area contributed by atoms with E-state index in [2.05, 4.69) is 10.7 Å². The van der Waals surface area contributed by atoms with Gasteiger partial charge in [0.05, 0.1) is 5.92 Å². The summed E-state index contributed by atoms with van der Waals surface area (Å²) in [6, 6.07) is 4.59. The molecule has 1 spiro atoms. The Balaban J connectivity index is 1.26. The second-order valence-corrected chi connectivity index (χ2v) is 8.42. The summed E-state index contributed by atoms with van der Waals surface area (Å²) in [6.45, 7) is 1.06. The van der Waals surface area contributed by atoms with Crippen molar-refractivity contribution in [3.05, 3.63) is 18.2 Å². The molecule has 5 amide bonds. The molecule has 1 aliphatic carbocycles. The Hall–Kier alpha value is -3.30. The van der Waals surface area contributed by atoms with Crippen molar-refractivity contribution in [2.45, 2.75) is 44.1 Å². The first-order valence-electron chi connectivity index (χ1n) is 10.6. The van der Waals surface area contributed by atoms with Crippen LogP contribution in [0.3, 0.4) is 0 Å². The number of benzene rings is 1. The number of hydrogen-bond acceptors (Lipinski definition) is 6. The van der Waals surface area contributed by atoms with Gasteiger partial charge < -0.3 is 19.7 Å². The summed E-state index contributed by atoms with van der Waals surface area (Å²) in [6.07, 6.45) is 3.88. The topological polar surface area (TPSA) is 117 Å². The zero-order valence-corrected chi connectivity index (χ0v) is 17.0. The lowest BCUT2D eigenvalue weighted by molar-refractivity contribution is -0.141. The third-order valence-corrected chi connectivity index (χ3v) is 6.42. The third-order valence-electron chi connectivity index (χ3n) is 6.42. The molecule has 1 aromatic rings. The van der Waals surface area contributed by atoms with E-state index < -0.39 is 29.3 Å². The maximum absolute atomic E-state index is 12.9. The maximum atomic E-state index is 12.9. The average Bonchev–Trinajstić information content (AvgIpc) is 3.27. The number of hydrazine groups is 1. The van der Waals surface area contributed by atoms with E-state index in [1.165, 1.54) is 4.90 Å². The van der Waals surface area contributed by atoms with Gasteiger partial charge in [-0.3, -0.25) is 19.8 Å². The predicted molar refractivity (Wildman–Crippen MR) is 107 cm³/mol. The Labute approximate surface area is 178 Å². The molecular weight excluding hydrogens is 404 g/mol. The molecule has 1 aromatic carbocycles. The molecule has 2 N–H and O–H groups in total. The smallest absolute Gasteiger partial charge is 0.344 e. The third kappa shape index (κ3) is 3.35. The Morgan fingerprint density at radius 2 is 1.81 bits per heavy atom.